The van der Waals surface area contributed by atoms with Crippen molar-refractivity contribution in [3.05, 3.63) is 0 Å². The summed E-state index contributed by atoms with van der Waals surface area (Å²) in [6.45, 7) is 9.29. The first kappa shape index (κ1) is 17.9. The molecule has 0 aromatic rings. The molecule has 0 fully saturated rings. The third-order valence-electron chi connectivity index (χ3n) is 2.30. The Balaban J connectivity index is 3.46. The van der Waals surface area contributed by atoms with Crippen molar-refractivity contribution in [3.8, 4) is 0 Å². The van der Waals surface area contributed by atoms with Gasteiger partial charge >= 0.3 is 11.9 Å². The van der Waals surface area contributed by atoms with E-state index in [1.807, 2.05) is 34.6 Å². The molecule has 0 amide bonds. The molecule has 0 rings (SSSR count). The average molecular weight is 272 g/mol. The van der Waals surface area contributed by atoms with Crippen LogP contribution in [0.1, 0.15) is 73.1 Å². The van der Waals surface area contributed by atoms with Crippen molar-refractivity contribution in [2.24, 2.45) is 0 Å². The fourth-order valence-corrected chi connectivity index (χ4v) is 1.61. The maximum absolute atomic E-state index is 11.4. The van der Waals surface area contributed by atoms with E-state index in [0.717, 1.165) is 25.7 Å². The summed E-state index contributed by atoms with van der Waals surface area (Å²) in [5.41, 5.74) is -0.405. The van der Waals surface area contributed by atoms with Gasteiger partial charge in [-0.3, -0.25) is 9.59 Å². The Hall–Kier alpha value is -1.06. The van der Waals surface area contributed by atoms with E-state index in [4.69, 9.17) is 9.47 Å². The van der Waals surface area contributed by atoms with Crippen molar-refractivity contribution < 1.29 is 19.1 Å². The Morgan fingerprint density at radius 2 is 1.37 bits per heavy atom. The second-order valence-electron chi connectivity index (χ2n) is 6.04. The molecule has 0 bridgehead atoms. The van der Waals surface area contributed by atoms with Crippen molar-refractivity contribution in [2.45, 2.75) is 84.8 Å². The molecule has 4 nitrogen and oxygen atoms in total. The molecular formula is C15H28O4. The van der Waals surface area contributed by atoms with E-state index in [2.05, 4.69) is 0 Å². The molecule has 0 N–H and O–H groups in total. The monoisotopic (exact) mass is 272 g/mol. The SMILES string of the molecule is CC(C)OC(=O)CCCCCCC(=O)OC(C)(C)C. The maximum Gasteiger partial charge on any atom is 0.306 e. The molecule has 0 spiro atoms. The number of carbonyl (C=O) groups is 2. The fourth-order valence-electron chi connectivity index (χ4n) is 1.61. The summed E-state index contributed by atoms with van der Waals surface area (Å²) >= 11 is 0. The van der Waals surface area contributed by atoms with Crippen LogP contribution in [0.3, 0.4) is 0 Å². The molecule has 0 saturated carbocycles. The first-order chi connectivity index (χ1) is 8.70. The molecule has 19 heavy (non-hydrogen) atoms. The summed E-state index contributed by atoms with van der Waals surface area (Å²) < 4.78 is 10.2. The lowest BCUT2D eigenvalue weighted by molar-refractivity contribution is -0.155. The van der Waals surface area contributed by atoms with Gasteiger partial charge in [-0.15, -0.1) is 0 Å². The Labute approximate surface area is 116 Å². The number of esters is 2. The van der Waals surface area contributed by atoms with Gasteiger partial charge in [0.15, 0.2) is 0 Å². The Kier molecular flexibility index (Phi) is 8.44. The van der Waals surface area contributed by atoms with E-state index in [0.29, 0.717) is 12.8 Å². The van der Waals surface area contributed by atoms with Gasteiger partial charge < -0.3 is 9.47 Å². The second kappa shape index (κ2) is 8.94. The molecule has 0 radical (unpaired) electrons. The van der Waals surface area contributed by atoms with Crippen LogP contribution in [0.15, 0.2) is 0 Å². The first-order valence-corrected chi connectivity index (χ1v) is 7.12. The molecule has 0 heterocycles. The standard InChI is InChI=1S/C15H28O4/c1-12(2)18-13(16)10-8-6-7-9-11-14(17)19-15(3,4)5/h12H,6-11H2,1-5H3. The molecule has 0 aliphatic rings. The van der Waals surface area contributed by atoms with Gasteiger partial charge in [-0.25, -0.2) is 0 Å². The summed E-state index contributed by atoms with van der Waals surface area (Å²) in [4.78, 5) is 22.7. The van der Waals surface area contributed by atoms with Gasteiger partial charge in [0, 0.05) is 12.8 Å². The summed E-state index contributed by atoms with van der Waals surface area (Å²) in [7, 11) is 0. The maximum atomic E-state index is 11.4. The lowest BCUT2D eigenvalue weighted by Crippen LogP contribution is -2.23. The van der Waals surface area contributed by atoms with Crippen molar-refractivity contribution >= 4 is 11.9 Å². The number of hydrogen-bond acceptors (Lipinski definition) is 4. The Morgan fingerprint density at radius 1 is 0.895 bits per heavy atom. The zero-order valence-corrected chi connectivity index (χ0v) is 13.0. The lowest BCUT2D eigenvalue weighted by Gasteiger charge is -2.19. The highest BCUT2D eigenvalue weighted by molar-refractivity contribution is 5.70. The lowest BCUT2D eigenvalue weighted by atomic mass is 10.1. The van der Waals surface area contributed by atoms with Gasteiger partial charge in [0.25, 0.3) is 0 Å². The highest BCUT2D eigenvalue weighted by atomic mass is 16.6. The van der Waals surface area contributed by atoms with Crippen LogP contribution in [0.4, 0.5) is 0 Å². The van der Waals surface area contributed by atoms with Crippen LogP contribution in [0, 0.1) is 0 Å². The van der Waals surface area contributed by atoms with Crippen molar-refractivity contribution in [2.75, 3.05) is 0 Å². The van der Waals surface area contributed by atoms with E-state index in [1.54, 1.807) is 0 Å². The van der Waals surface area contributed by atoms with Crippen LogP contribution in [0.2, 0.25) is 0 Å². The van der Waals surface area contributed by atoms with Crippen LogP contribution >= 0.6 is 0 Å². The van der Waals surface area contributed by atoms with Gasteiger partial charge in [-0.05, 0) is 47.5 Å². The summed E-state index contributed by atoms with van der Waals surface area (Å²) in [6, 6.07) is 0. The molecule has 0 aromatic heterocycles. The van der Waals surface area contributed by atoms with Crippen LogP contribution in [-0.4, -0.2) is 23.6 Å². The van der Waals surface area contributed by atoms with Crippen molar-refractivity contribution in [1.29, 1.82) is 0 Å². The minimum Gasteiger partial charge on any atom is -0.463 e. The largest absolute Gasteiger partial charge is 0.463 e. The zero-order chi connectivity index (χ0) is 14.9. The predicted octanol–water partition coefficient (Wildman–Crippen LogP) is 3.62. The van der Waals surface area contributed by atoms with Gasteiger partial charge in [-0.1, -0.05) is 12.8 Å². The number of carbonyl (C=O) groups excluding carboxylic acids is 2. The second-order valence-corrected chi connectivity index (χ2v) is 6.04. The van der Waals surface area contributed by atoms with Crippen LogP contribution in [0.25, 0.3) is 0 Å². The Bertz CT molecular complexity index is 276. The Morgan fingerprint density at radius 3 is 1.79 bits per heavy atom. The van der Waals surface area contributed by atoms with Crippen LogP contribution < -0.4 is 0 Å². The number of unbranched alkanes of at least 4 members (excludes halogenated alkanes) is 3. The van der Waals surface area contributed by atoms with Crippen molar-refractivity contribution in [3.63, 3.8) is 0 Å². The highest BCUT2D eigenvalue weighted by Gasteiger charge is 2.15. The van der Waals surface area contributed by atoms with E-state index >= 15 is 0 Å². The molecule has 0 aliphatic carbocycles. The molecular weight excluding hydrogens is 244 g/mol. The highest BCUT2D eigenvalue weighted by Crippen LogP contribution is 2.11. The predicted molar refractivity (Wildman–Crippen MR) is 74.8 cm³/mol. The smallest absolute Gasteiger partial charge is 0.306 e. The number of hydrogen-bond donors (Lipinski definition) is 0. The van der Waals surface area contributed by atoms with E-state index < -0.39 is 5.60 Å². The minimum absolute atomic E-state index is 0.0420. The molecule has 0 atom stereocenters. The van der Waals surface area contributed by atoms with Crippen LogP contribution in [-0.2, 0) is 19.1 Å². The normalized spacial score (nSPS) is 11.5. The quantitative estimate of drug-likeness (QED) is 0.500. The summed E-state index contributed by atoms with van der Waals surface area (Å²) in [5.74, 6) is -0.283. The van der Waals surface area contributed by atoms with E-state index in [9.17, 15) is 9.59 Å². The molecule has 112 valence electrons. The van der Waals surface area contributed by atoms with Gasteiger partial charge in [0.1, 0.15) is 5.60 Å². The summed E-state index contributed by atoms with van der Waals surface area (Å²) in [6.07, 6.45) is 4.39. The van der Waals surface area contributed by atoms with Gasteiger partial charge in [0.05, 0.1) is 6.10 Å². The molecule has 4 heteroatoms. The zero-order valence-electron chi connectivity index (χ0n) is 13.0. The third-order valence-corrected chi connectivity index (χ3v) is 2.30. The molecule has 0 saturated heterocycles. The van der Waals surface area contributed by atoms with Crippen LogP contribution in [0.5, 0.6) is 0 Å². The van der Waals surface area contributed by atoms with Crippen molar-refractivity contribution in [1.82, 2.24) is 0 Å². The minimum atomic E-state index is -0.405. The third kappa shape index (κ3) is 13.2. The van der Waals surface area contributed by atoms with E-state index in [-0.39, 0.29) is 18.0 Å². The topological polar surface area (TPSA) is 52.6 Å². The molecule has 0 unspecified atom stereocenters. The van der Waals surface area contributed by atoms with E-state index in [1.165, 1.54) is 0 Å². The van der Waals surface area contributed by atoms with Gasteiger partial charge in [-0.2, -0.15) is 0 Å². The number of rotatable bonds is 8. The number of ether oxygens (including phenoxy) is 2. The first-order valence-electron chi connectivity index (χ1n) is 7.12. The van der Waals surface area contributed by atoms with Gasteiger partial charge in [0.2, 0.25) is 0 Å². The average Bonchev–Trinajstić information content (AvgIpc) is 2.19. The molecule has 0 aromatic carbocycles. The summed E-state index contributed by atoms with van der Waals surface area (Å²) in [5, 5.41) is 0. The fraction of sp³-hybridized carbons (Fsp3) is 0.867. The molecule has 0 aliphatic heterocycles.